The highest BCUT2D eigenvalue weighted by Gasteiger charge is 2.14. The van der Waals surface area contributed by atoms with Crippen LogP contribution < -0.4 is 4.74 Å². The minimum Gasteiger partial charge on any atom is -0.508 e. The lowest BCUT2D eigenvalue weighted by molar-refractivity contribution is 0.125. The van der Waals surface area contributed by atoms with Crippen molar-refractivity contribution in [2.45, 2.75) is 26.4 Å². The van der Waals surface area contributed by atoms with E-state index in [-0.39, 0.29) is 17.1 Å². The maximum atomic E-state index is 9.37. The first kappa shape index (κ1) is 9.71. The third kappa shape index (κ3) is 2.86. The van der Waals surface area contributed by atoms with Gasteiger partial charge in [0.2, 0.25) is 0 Å². The Morgan fingerprint density at radius 3 is 2.23 bits per heavy atom. The van der Waals surface area contributed by atoms with E-state index in [1.807, 2.05) is 20.8 Å². The molecule has 0 aromatic heterocycles. The highest BCUT2D eigenvalue weighted by molar-refractivity contribution is 5.44. The van der Waals surface area contributed by atoms with Crippen LogP contribution in [0.2, 0.25) is 0 Å². The van der Waals surface area contributed by atoms with Crippen molar-refractivity contribution >= 4 is 0 Å². The van der Waals surface area contributed by atoms with Crippen LogP contribution in [0.4, 0.5) is 0 Å². The molecule has 1 aromatic rings. The predicted octanol–water partition coefficient (Wildman–Crippen LogP) is 2.28. The maximum Gasteiger partial charge on any atom is 0.161 e. The Morgan fingerprint density at radius 1 is 1.15 bits per heavy atom. The second-order valence-electron chi connectivity index (χ2n) is 3.87. The van der Waals surface area contributed by atoms with Gasteiger partial charge in [-0.1, -0.05) is 0 Å². The molecule has 0 radical (unpaired) electrons. The largest absolute Gasteiger partial charge is 0.508 e. The Hall–Kier alpha value is -1.38. The normalized spacial score (nSPS) is 11.3. The third-order valence-corrected chi connectivity index (χ3v) is 1.36. The molecule has 2 N–H and O–H groups in total. The van der Waals surface area contributed by atoms with Crippen molar-refractivity contribution in [2.24, 2.45) is 0 Å². The van der Waals surface area contributed by atoms with Gasteiger partial charge in [-0.15, -0.1) is 0 Å². The van der Waals surface area contributed by atoms with Crippen LogP contribution in [0.15, 0.2) is 18.2 Å². The standard InChI is InChI=1S/C10H14O3/c1-10(2,3)13-9-5-4-7(11)6-8(9)12/h4-6,11-12H,1-3H3. The quantitative estimate of drug-likeness (QED) is 0.700. The third-order valence-electron chi connectivity index (χ3n) is 1.36. The lowest BCUT2D eigenvalue weighted by Gasteiger charge is -2.21. The molecular weight excluding hydrogens is 168 g/mol. The molecule has 0 bridgehead atoms. The molecule has 3 nitrogen and oxygen atoms in total. The first-order valence-corrected chi connectivity index (χ1v) is 4.09. The van der Waals surface area contributed by atoms with Gasteiger partial charge < -0.3 is 14.9 Å². The summed E-state index contributed by atoms with van der Waals surface area (Å²) in [5.74, 6) is 0.360. The predicted molar refractivity (Wildman–Crippen MR) is 50.2 cm³/mol. The number of hydrogen-bond donors (Lipinski definition) is 2. The van der Waals surface area contributed by atoms with E-state index in [9.17, 15) is 5.11 Å². The molecule has 0 heterocycles. The smallest absolute Gasteiger partial charge is 0.161 e. The molecule has 0 atom stereocenters. The summed E-state index contributed by atoms with van der Waals surface area (Å²) in [7, 11) is 0. The highest BCUT2D eigenvalue weighted by atomic mass is 16.5. The summed E-state index contributed by atoms with van der Waals surface area (Å²) in [6, 6.07) is 4.26. The minimum atomic E-state index is -0.353. The number of hydrogen-bond acceptors (Lipinski definition) is 3. The first-order chi connectivity index (χ1) is 5.88. The Morgan fingerprint density at radius 2 is 1.77 bits per heavy atom. The van der Waals surface area contributed by atoms with Crippen molar-refractivity contribution in [3.8, 4) is 17.2 Å². The van der Waals surface area contributed by atoms with Gasteiger partial charge in [-0.3, -0.25) is 0 Å². The van der Waals surface area contributed by atoms with Gasteiger partial charge in [0.1, 0.15) is 11.4 Å². The molecule has 0 amide bonds. The van der Waals surface area contributed by atoms with Crippen molar-refractivity contribution in [2.75, 3.05) is 0 Å². The number of benzene rings is 1. The Balaban J connectivity index is 2.90. The van der Waals surface area contributed by atoms with Crippen LogP contribution in [0.25, 0.3) is 0 Å². The maximum absolute atomic E-state index is 9.37. The number of phenolic OH excluding ortho intramolecular Hbond substituents is 2. The van der Waals surface area contributed by atoms with Gasteiger partial charge in [-0.05, 0) is 32.9 Å². The SMILES string of the molecule is CC(C)(C)Oc1ccc(O)cc1O. The fourth-order valence-electron chi connectivity index (χ4n) is 0.922. The van der Waals surface area contributed by atoms with Crippen molar-refractivity contribution in [3.63, 3.8) is 0 Å². The molecule has 0 saturated heterocycles. The van der Waals surface area contributed by atoms with Crippen LogP contribution in [-0.4, -0.2) is 15.8 Å². The summed E-state index contributed by atoms with van der Waals surface area (Å²) in [4.78, 5) is 0. The van der Waals surface area contributed by atoms with Crippen LogP contribution in [-0.2, 0) is 0 Å². The van der Waals surface area contributed by atoms with E-state index in [1.54, 1.807) is 0 Å². The van der Waals surface area contributed by atoms with Gasteiger partial charge in [0, 0.05) is 6.07 Å². The minimum absolute atomic E-state index is 0.0266. The number of aromatic hydroxyl groups is 2. The lowest BCUT2D eigenvalue weighted by Crippen LogP contribution is -2.22. The van der Waals surface area contributed by atoms with E-state index < -0.39 is 0 Å². The van der Waals surface area contributed by atoms with E-state index in [2.05, 4.69) is 0 Å². The zero-order valence-corrected chi connectivity index (χ0v) is 8.03. The van der Waals surface area contributed by atoms with Crippen LogP contribution >= 0.6 is 0 Å². The van der Waals surface area contributed by atoms with Gasteiger partial charge in [0.15, 0.2) is 11.5 Å². The van der Waals surface area contributed by atoms with Crippen LogP contribution in [0, 0.1) is 0 Å². The van der Waals surface area contributed by atoms with Gasteiger partial charge in [-0.2, -0.15) is 0 Å². The average molecular weight is 182 g/mol. The van der Waals surface area contributed by atoms with E-state index in [0.717, 1.165) is 0 Å². The van der Waals surface area contributed by atoms with Crippen LogP contribution in [0.3, 0.4) is 0 Å². The molecule has 0 fully saturated rings. The molecule has 0 aliphatic heterocycles. The zero-order valence-electron chi connectivity index (χ0n) is 8.03. The second kappa shape index (κ2) is 3.17. The molecule has 1 rings (SSSR count). The molecule has 0 aliphatic rings. The number of rotatable bonds is 1. The molecule has 0 aliphatic carbocycles. The topological polar surface area (TPSA) is 49.7 Å². The zero-order chi connectivity index (χ0) is 10.1. The summed E-state index contributed by atoms with van der Waals surface area (Å²) >= 11 is 0. The van der Waals surface area contributed by atoms with Crippen molar-refractivity contribution in [3.05, 3.63) is 18.2 Å². The van der Waals surface area contributed by atoms with Crippen LogP contribution in [0.1, 0.15) is 20.8 Å². The summed E-state index contributed by atoms with van der Waals surface area (Å²) in [6.45, 7) is 5.66. The Bertz CT molecular complexity index is 300. The molecule has 0 spiro atoms. The first-order valence-electron chi connectivity index (χ1n) is 4.09. The molecule has 72 valence electrons. The van der Waals surface area contributed by atoms with Gasteiger partial charge in [-0.25, -0.2) is 0 Å². The van der Waals surface area contributed by atoms with Gasteiger partial charge in [0.25, 0.3) is 0 Å². The Kier molecular flexibility index (Phi) is 2.36. The van der Waals surface area contributed by atoms with Gasteiger partial charge >= 0.3 is 0 Å². The van der Waals surface area contributed by atoms with E-state index in [4.69, 9.17) is 9.84 Å². The fourth-order valence-corrected chi connectivity index (χ4v) is 0.922. The van der Waals surface area contributed by atoms with Crippen LogP contribution in [0.5, 0.6) is 17.2 Å². The summed E-state index contributed by atoms with van der Waals surface area (Å²) in [5.41, 5.74) is -0.353. The lowest BCUT2D eigenvalue weighted by atomic mass is 10.2. The van der Waals surface area contributed by atoms with Crippen molar-refractivity contribution in [1.82, 2.24) is 0 Å². The van der Waals surface area contributed by atoms with Crippen molar-refractivity contribution < 1.29 is 14.9 Å². The number of phenols is 2. The molecular formula is C10H14O3. The summed E-state index contributed by atoms with van der Waals surface area (Å²) in [6.07, 6.45) is 0. The molecule has 1 aromatic carbocycles. The monoisotopic (exact) mass is 182 g/mol. The summed E-state index contributed by atoms with van der Waals surface area (Å²) in [5, 5.41) is 18.4. The molecule has 0 unspecified atom stereocenters. The highest BCUT2D eigenvalue weighted by Crippen LogP contribution is 2.31. The molecule has 13 heavy (non-hydrogen) atoms. The van der Waals surface area contributed by atoms with Crippen molar-refractivity contribution in [1.29, 1.82) is 0 Å². The summed E-state index contributed by atoms with van der Waals surface area (Å²) < 4.78 is 5.43. The average Bonchev–Trinajstić information content (AvgIpc) is 1.93. The Labute approximate surface area is 77.6 Å². The van der Waals surface area contributed by atoms with E-state index in [1.165, 1.54) is 18.2 Å². The molecule has 0 saturated carbocycles. The van der Waals surface area contributed by atoms with Gasteiger partial charge in [0.05, 0.1) is 0 Å². The molecule has 3 heteroatoms. The number of ether oxygens (including phenoxy) is 1. The van der Waals surface area contributed by atoms with E-state index >= 15 is 0 Å². The second-order valence-corrected chi connectivity index (χ2v) is 3.87. The van der Waals surface area contributed by atoms with E-state index in [0.29, 0.717) is 5.75 Å². The fraction of sp³-hybridized carbons (Fsp3) is 0.400.